The molecule has 1 aliphatic heterocycles. The Morgan fingerprint density at radius 2 is 2.03 bits per heavy atom. The molecule has 1 spiro atoms. The first kappa shape index (κ1) is 22.3. The molecular formula is C24H37NO4. The van der Waals surface area contributed by atoms with Gasteiger partial charge in [-0.2, -0.15) is 9.78 Å². The summed E-state index contributed by atoms with van der Waals surface area (Å²) in [6.07, 6.45) is 7.53. The molecular weight excluding hydrogens is 366 g/mol. The van der Waals surface area contributed by atoms with Crippen LogP contribution in [-0.2, 0) is 14.5 Å². The maximum atomic E-state index is 6.50. The first-order chi connectivity index (χ1) is 13.7. The van der Waals surface area contributed by atoms with Crippen LogP contribution in [0.25, 0.3) is 0 Å². The fourth-order valence-corrected chi connectivity index (χ4v) is 4.42. The summed E-state index contributed by atoms with van der Waals surface area (Å²) in [6.45, 7) is 12.4. The second-order valence-electron chi connectivity index (χ2n) is 9.46. The number of nitrogens with two attached hydrogens (primary N) is 1. The van der Waals surface area contributed by atoms with E-state index in [2.05, 4.69) is 25.6 Å². The number of ether oxygens (including phenoxy) is 2. The molecule has 1 aromatic rings. The molecule has 0 radical (unpaired) electrons. The first-order valence-corrected chi connectivity index (χ1v) is 10.9. The van der Waals surface area contributed by atoms with Crippen molar-refractivity contribution in [3.8, 4) is 5.75 Å². The SMILES string of the molecule is C=CCC(CC)[C@@]1(C)OO[C@@]2(CCC[C@@H](c3ccc(OCC(C)(C)N)cc3)C2)O1. The predicted molar refractivity (Wildman–Crippen MR) is 114 cm³/mol. The summed E-state index contributed by atoms with van der Waals surface area (Å²) < 4.78 is 12.3. The van der Waals surface area contributed by atoms with Gasteiger partial charge in [0.25, 0.3) is 0 Å². The molecule has 29 heavy (non-hydrogen) atoms. The summed E-state index contributed by atoms with van der Waals surface area (Å²) in [6, 6.07) is 8.33. The van der Waals surface area contributed by atoms with Gasteiger partial charge in [-0.25, -0.2) is 0 Å². The highest BCUT2D eigenvalue weighted by molar-refractivity contribution is 5.30. The molecule has 1 aliphatic carbocycles. The summed E-state index contributed by atoms with van der Waals surface area (Å²) in [5.74, 6) is 0.0529. The van der Waals surface area contributed by atoms with Crippen LogP contribution < -0.4 is 10.5 Å². The van der Waals surface area contributed by atoms with Gasteiger partial charge in [-0.3, -0.25) is 0 Å². The van der Waals surface area contributed by atoms with Gasteiger partial charge in [0.15, 0.2) is 0 Å². The Morgan fingerprint density at radius 1 is 1.31 bits per heavy atom. The lowest BCUT2D eigenvalue weighted by Crippen LogP contribution is -2.42. The average Bonchev–Trinajstić information content (AvgIpc) is 3.01. The monoisotopic (exact) mass is 403 g/mol. The Morgan fingerprint density at radius 3 is 2.66 bits per heavy atom. The molecule has 1 saturated carbocycles. The van der Waals surface area contributed by atoms with Crippen molar-refractivity contribution in [1.82, 2.24) is 0 Å². The number of allylic oxidation sites excluding steroid dienone is 1. The summed E-state index contributed by atoms with van der Waals surface area (Å²) in [7, 11) is 0. The van der Waals surface area contributed by atoms with E-state index in [1.54, 1.807) is 0 Å². The maximum absolute atomic E-state index is 6.50. The van der Waals surface area contributed by atoms with Crippen molar-refractivity contribution in [2.75, 3.05) is 6.61 Å². The fraction of sp³-hybridized carbons (Fsp3) is 0.667. The molecule has 162 valence electrons. The lowest BCUT2D eigenvalue weighted by molar-refractivity contribution is -0.359. The molecule has 1 saturated heterocycles. The molecule has 1 unspecified atom stereocenters. The van der Waals surface area contributed by atoms with E-state index in [0.29, 0.717) is 12.5 Å². The number of hydrogen-bond donors (Lipinski definition) is 1. The molecule has 4 atom stereocenters. The summed E-state index contributed by atoms with van der Waals surface area (Å²) in [5.41, 5.74) is 6.93. The van der Waals surface area contributed by atoms with Gasteiger partial charge in [-0.05, 0) is 70.1 Å². The first-order valence-electron chi connectivity index (χ1n) is 10.9. The second kappa shape index (κ2) is 8.76. The molecule has 2 N–H and O–H groups in total. The van der Waals surface area contributed by atoms with Crippen molar-refractivity contribution < 1.29 is 19.2 Å². The molecule has 3 rings (SSSR count). The quantitative estimate of drug-likeness (QED) is 0.462. The van der Waals surface area contributed by atoms with Gasteiger partial charge < -0.3 is 15.2 Å². The van der Waals surface area contributed by atoms with Crippen molar-refractivity contribution in [3.05, 3.63) is 42.5 Å². The van der Waals surface area contributed by atoms with Gasteiger partial charge >= 0.3 is 0 Å². The van der Waals surface area contributed by atoms with E-state index in [9.17, 15) is 0 Å². The van der Waals surface area contributed by atoms with E-state index in [-0.39, 0.29) is 11.5 Å². The smallest absolute Gasteiger partial charge is 0.205 e. The van der Waals surface area contributed by atoms with E-state index in [4.69, 9.17) is 25.0 Å². The van der Waals surface area contributed by atoms with Gasteiger partial charge in [0.05, 0.1) is 0 Å². The summed E-state index contributed by atoms with van der Waals surface area (Å²) in [5, 5.41) is 0. The van der Waals surface area contributed by atoms with Gasteiger partial charge in [0.1, 0.15) is 12.4 Å². The topological polar surface area (TPSA) is 62.9 Å². The minimum Gasteiger partial charge on any atom is -0.492 e. The van der Waals surface area contributed by atoms with Crippen LogP contribution in [0.3, 0.4) is 0 Å². The predicted octanol–water partition coefficient (Wildman–Crippen LogP) is 5.45. The molecule has 2 aliphatic rings. The highest BCUT2D eigenvalue weighted by Crippen LogP contribution is 2.50. The van der Waals surface area contributed by atoms with Gasteiger partial charge in [0.2, 0.25) is 11.6 Å². The molecule has 1 aromatic carbocycles. The Kier molecular flexibility index (Phi) is 6.74. The van der Waals surface area contributed by atoms with E-state index in [1.165, 1.54) is 5.56 Å². The zero-order valence-corrected chi connectivity index (χ0v) is 18.4. The third kappa shape index (κ3) is 5.40. The minimum atomic E-state index is -0.725. The highest BCUT2D eigenvalue weighted by Gasteiger charge is 2.54. The molecule has 0 amide bonds. The lowest BCUT2D eigenvalue weighted by atomic mass is 9.80. The van der Waals surface area contributed by atoms with Gasteiger partial charge in [0, 0.05) is 24.3 Å². The van der Waals surface area contributed by atoms with Crippen LogP contribution in [0.1, 0.15) is 77.7 Å². The third-order valence-electron chi connectivity index (χ3n) is 6.06. The Hall–Kier alpha value is -1.40. The van der Waals surface area contributed by atoms with Crippen molar-refractivity contribution in [3.63, 3.8) is 0 Å². The lowest BCUT2D eigenvalue weighted by Gasteiger charge is -2.37. The van der Waals surface area contributed by atoms with Gasteiger partial charge in [-0.15, -0.1) is 6.58 Å². The molecule has 1 heterocycles. The zero-order valence-electron chi connectivity index (χ0n) is 18.4. The van der Waals surface area contributed by atoms with E-state index >= 15 is 0 Å². The molecule has 5 nitrogen and oxygen atoms in total. The standard InChI is InChI=1S/C24H37NO4/c1-6-9-20(7-2)23(5)27-24(29-28-23)15-8-10-19(16-24)18-11-13-21(14-12-18)26-17-22(3,4)25/h6,11-14,19-20H,1,7-10,15-17,25H2,2-5H3/t19-,20?,23-,24-/m1/s1. The second-order valence-corrected chi connectivity index (χ2v) is 9.46. The van der Waals surface area contributed by atoms with Crippen LogP contribution in [0.5, 0.6) is 5.75 Å². The van der Waals surface area contributed by atoms with Crippen LogP contribution >= 0.6 is 0 Å². The van der Waals surface area contributed by atoms with Crippen LogP contribution in [-0.4, -0.2) is 23.7 Å². The van der Waals surface area contributed by atoms with E-state index < -0.39 is 11.6 Å². The Balaban J connectivity index is 1.66. The summed E-state index contributed by atoms with van der Waals surface area (Å²) in [4.78, 5) is 11.7. The minimum absolute atomic E-state index is 0.225. The maximum Gasteiger partial charge on any atom is 0.205 e. The van der Waals surface area contributed by atoms with Crippen LogP contribution in [0.2, 0.25) is 0 Å². The average molecular weight is 404 g/mol. The van der Waals surface area contributed by atoms with Gasteiger partial charge in [-0.1, -0.05) is 25.1 Å². The zero-order chi connectivity index (χ0) is 21.1. The largest absolute Gasteiger partial charge is 0.492 e. The van der Waals surface area contributed by atoms with Crippen LogP contribution in [0.15, 0.2) is 36.9 Å². The molecule has 0 aromatic heterocycles. The molecule has 2 fully saturated rings. The number of hydrogen-bond acceptors (Lipinski definition) is 5. The highest BCUT2D eigenvalue weighted by atomic mass is 17.3. The van der Waals surface area contributed by atoms with Crippen LogP contribution in [0.4, 0.5) is 0 Å². The molecule has 5 heteroatoms. The fourth-order valence-electron chi connectivity index (χ4n) is 4.42. The Labute approximate surface area is 175 Å². The summed E-state index contributed by atoms with van der Waals surface area (Å²) >= 11 is 0. The Bertz CT molecular complexity index is 683. The third-order valence-corrected chi connectivity index (χ3v) is 6.06. The molecule has 0 bridgehead atoms. The van der Waals surface area contributed by atoms with Crippen LogP contribution in [0, 0.1) is 5.92 Å². The normalized spacial score (nSPS) is 31.0. The van der Waals surface area contributed by atoms with E-state index in [1.807, 2.05) is 39.0 Å². The van der Waals surface area contributed by atoms with Crippen molar-refractivity contribution >= 4 is 0 Å². The number of rotatable bonds is 8. The van der Waals surface area contributed by atoms with E-state index in [0.717, 1.165) is 44.3 Å². The van der Waals surface area contributed by atoms with Crippen molar-refractivity contribution in [2.24, 2.45) is 11.7 Å². The number of benzene rings is 1. The van der Waals surface area contributed by atoms with Crippen molar-refractivity contribution in [1.29, 1.82) is 0 Å². The van der Waals surface area contributed by atoms with Crippen molar-refractivity contribution in [2.45, 2.75) is 89.3 Å².